The number of rotatable bonds is 1. The number of likely N-dealkylation sites (tertiary alicyclic amines) is 1. The van der Waals surface area contributed by atoms with Crippen LogP contribution in [0.5, 0.6) is 0 Å². The van der Waals surface area contributed by atoms with Crippen LogP contribution in [0, 0.1) is 11.7 Å². The number of piperidine rings is 2. The van der Waals surface area contributed by atoms with Crippen molar-refractivity contribution in [3.8, 4) is 0 Å². The maximum Gasteiger partial charge on any atom is 0.257 e. The van der Waals surface area contributed by atoms with Crippen LogP contribution in [0.2, 0.25) is 0 Å². The molecular formula is C15H16BrFN2O2. The zero-order chi connectivity index (χ0) is 15.0. The lowest BCUT2D eigenvalue weighted by molar-refractivity contribution is -0.125. The number of benzene rings is 1. The number of halogens is 2. The summed E-state index contributed by atoms with van der Waals surface area (Å²) in [6.45, 7) is 1.12. The predicted octanol–water partition coefficient (Wildman–Crippen LogP) is 2.33. The van der Waals surface area contributed by atoms with Crippen LogP contribution in [0.25, 0.3) is 0 Å². The van der Waals surface area contributed by atoms with Crippen molar-refractivity contribution >= 4 is 27.7 Å². The molecule has 2 fully saturated rings. The highest BCUT2D eigenvalue weighted by Crippen LogP contribution is 2.28. The molecule has 2 aliphatic rings. The van der Waals surface area contributed by atoms with Gasteiger partial charge in [-0.25, -0.2) is 4.39 Å². The Bertz CT molecular complexity index is 573. The Morgan fingerprint density at radius 2 is 2.19 bits per heavy atom. The number of nitrogens with zero attached hydrogens (tertiary/aromatic N) is 1. The van der Waals surface area contributed by atoms with Crippen LogP contribution in [0.4, 0.5) is 4.39 Å². The van der Waals surface area contributed by atoms with E-state index in [1.165, 1.54) is 6.07 Å². The Hall–Kier alpha value is -1.43. The van der Waals surface area contributed by atoms with Gasteiger partial charge < -0.3 is 10.2 Å². The quantitative estimate of drug-likeness (QED) is 0.841. The Balaban J connectivity index is 1.76. The van der Waals surface area contributed by atoms with Crippen molar-refractivity contribution in [1.82, 2.24) is 10.2 Å². The van der Waals surface area contributed by atoms with Gasteiger partial charge in [0, 0.05) is 30.0 Å². The zero-order valence-electron chi connectivity index (χ0n) is 11.4. The molecule has 21 heavy (non-hydrogen) atoms. The Morgan fingerprint density at radius 3 is 2.95 bits per heavy atom. The first-order chi connectivity index (χ1) is 10.1. The number of carbonyl (C=O) groups is 2. The van der Waals surface area contributed by atoms with Crippen molar-refractivity contribution in [3.05, 3.63) is 34.1 Å². The molecule has 2 atom stereocenters. The fourth-order valence-corrected chi connectivity index (χ4v) is 3.67. The molecular weight excluding hydrogens is 339 g/mol. The molecule has 112 valence electrons. The van der Waals surface area contributed by atoms with Crippen LogP contribution in [-0.4, -0.2) is 35.8 Å². The van der Waals surface area contributed by atoms with Crippen molar-refractivity contribution in [2.24, 2.45) is 5.92 Å². The molecule has 0 radical (unpaired) electrons. The molecule has 1 aromatic rings. The maximum atomic E-state index is 13.9. The fraction of sp³-hybridized carbons (Fsp3) is 0.467. The lowest BCUT2D eigenvalue weighted by Gasteiger charge is -2.41. The average molecular weight is 355 g/mol. The standard InChI is InChI=1S/C15H16BrFN2O2/c16-10-2-1-3-11(17)14(10)15(21)19-7-6-12-9(8-19)4-5-13(20)18-12/h1-3,9,12H,4-8H2,(H,18,20). The molecule has 0 saturated carbocycles. The summed E-state index contributed by atoms with van der Waals surface area (Å²) in [4.78, 5) is 25.6. The Labute approximate surface area is 130 Å². The van der Waals surface area contributed by atoms with Gasteiger partial charge in [0.2, 0.25) is 5.91 Å². The number of hydrogen-bond acceptors (Lipinski definition) is 2. The van der Waals surface area contributed by atoms with Gasteiger partial charge in [0.05, 0.1) is 5.56 Å². The van der Waals surface area contributed by atoms with Gasteiger partial charge in [-0.15, -0.1) is 0 Å². The van der Waals surface area contributed by atoms with Crippen LogP contribution in [0.3, 0.4) is 0 Å². The van der Waals surface area contributed by atoms with Crippen molar-refractivity contribution in [3.63, 3.8) is 0 Å². The van der Waals surface area contributed by atoms with Crippen molar-refractivity contribution in [2.45, 2.75) is 25.3 Å². The van der Waals surface area contributed by atoms with E-state index in [1.54, 1.807) is 17.0 Å². The van der Waals surface area contributed by atoms with Gasteiger partial charge in [0.15, 0.2) is 0 Å². The predicted molar refractivity (Wildman–Crippen MR) is 79.3 cm³/mol. The summed E-state index contributed by atoms with van der Waals surface area (Å²) in [6.07, 6.45) is 2.03. The summed E-state index contributed by atoms with van der Waals surface area (Å²) in [5.41, 5.74) is 0.0933. The highest BCUT2D eigenvalue weighted by atomic mass is 79.9. The van der Waals surface area contributed by atoms with Gasteiger partial charge in [-0.1, -0.05) is 6.07 Å². The van der Waals surface area contributed by atoms with E-state index in [4.69, 9.17) is 0 Å². The van der Waals surface area contributed by atoms with E-state index >= 15 is 0 Å². The van der Waals surface area contributed by atoms with E-state index in [9.17, 15) is 14.0 Å². The van der Waals surface area contributed by atoms with Crippen LogP contribution in [0.15, 0.2) is 22.7 Å². The molecule has 2 unspecified atom stereocenters. The molecule has 6 heteroatoms. The molecule has 2 heterocycles. The third kappa shape index (κ3) is 2.81. The van der Waals surface area contributed by atoms with E-state index in [2.05, 4.69) is 21.2 Å². The van der Waals surface area contributed by atoms with Gasteiger partial charge in [-0.2, -0.15) is 0 Å². The molecule has 0 spiro atoms. The number of hydrogen-bond donors (Lipinski definition) is 1. The molecule has 3 rings (SSSR count). The van der Waals surface area contributed by atoms with E-state index in [0.29, 0.717) is 24.0 Å². The normalized spacial score (nSPS) is 25.2. The van der Waals surface area contributed by atoms with Crippen molar-refractivity contribution in [2.75, 3.05) is 13.1 Å². The maximum absolute atomic E-state index is 13.9. The number of amides is 2. The van der Waals surface area contributed by atoms with Crippen molar-refractivity contribution in [1.29, 1.82) is 0 Å². The third-order valence-electron chi connectivity index (χ3n) is 4.29. The topological polar surface area (TPSA) is 49.4 Å². The SMILES string of the molecule is O=C1CCC2CN(C(=O)c3c(F)cccc3Br)CCC2N1. The second-order valence-electron chi connectivity index (χ2n) is 5.61. The van der Waals surface area contributed by atoms with Crippen LogP contribution >= 0.6 is 15.9 Å². The Kier molecular flexibility index (Phi) is 3.97. The molecule has 1 N–H and O–H groups in total. The van der Waals surface area contributed by atoms with Gasteiger partial charge in [0.25, 0.3) is 5.91 Å². The number of nitrogens with one attached hydrogen (secondary N) is 1. The second-order valence-corrected chi connectivity index (χ2v) is 6.46. The zero-order valence-corrected chi connectivity index (χ0v) is 13.0. The van der Waals surface area contributed by atoms with E-state index < -0.39 is 5.82 Å². The lowest BCUT2D eigenvalue weighted by Crippen LogP contribution is -2.55. The van der Waals surface area contributed by atoms with Crippen LogP contribution in [-0.2, 0) is 4.79 Å². The molecule has 2 saturated heterocycles. The molecule has 2 amide bonds. The molecule has 0 bridgehead atoms. The molecule has 4 nitrogen and oxygen atoms in total. The smallest absolute Gasteiger partial charge is 0.257 e. The highest BCUT2D eigenvalue weighted by Gasteiger charge is 2.36. The van der Waals surface area contributed by atoms with Gasteiger partial charge >= 0.3 is 0 Å². The van der Waals surface area contributed by atoms with E-state index in [-0.39, 0.29) is 29.3 Å². The van der Waals surface area contributed by atoms with Gasteiger partial charge in [-0.05, 0) is 46.8 Å². The molecule has 0 aromatic heterocycles. The van der Waals surface area contributed by atoms with Gasteiger partial charge in [-0.3, -0.25) is 9.59 Å². The van der Waals surface area contributed by atoms with E-state index in [0.717, 1.165) is 12.8 Å². The summed E-state index contributed by atoms with van der Waals surface area (Å²) < 4.78 is 14.4. The Morgan fingerprint density at radius 1 is 1.38 bits per heavy atom. The molecule has 2 aliphatic heterocycles. The highest BCUT2D eigenvalue weighted by molar-refractivity contribution is 9.10. The second kappa shape index (κ2) is 5.75. The number of carbonyl (C=O) groups excluding carboxylic acids is 2. The summed E-state index contributed by atoms with van der Waals surface area (Å²) in [6, 6.07) is 4.69. The summed E-state index contributed by atoms with van der Waals surface area (Å²) >= 11 is 3.25. The lowest BCUT2D eigenvalue weighted by atomic mass is 9.85. The summed E-state index contributed by atoms with van der Waals surface area (Å²) in [7, 11) is 0. The summed E-state index contributed by atoms with van der Waals surface area (Å²) in [5.74, 6) is -0.428. The minimum Gasteiger partial charge on any atom is -0.353 e. The van der Waals surface area contributed by atoms with Gasteiger partial charge in [0.1, 0.15) is 5.82 Å². The third-order valence-corrected chi connectivity index (χ3v) is 4.95. The minimum absolute atomic E-state index is 0.0906. The largest absolute Gasteiger partial charge is 0.353 e. The first-order valence-electron chi connectivity index (χ1n) is 7.09. The molecule has 1 aromatic carbocycles. The number of fused-ring (bicyclic) bond motifs is 1. The average Bonchev–Trinajstić information content (AvgIpc) is 2.46. The van der Waals surface area contributed by atoms with Crippen LogP contribution in [0.1, 0.15) is 29.6 Å². The fourth-order valence-electron chi connectivity index (χ4n) is 3.15. The first-order valence-corrected chi connectivity index (χ1v) is 7.88. The monoisotopic (exact) mass is 354 g/mol. The molecule has 0 aliphatic carbocycles. The first kappa shape index (κ1) is 14.5. The minimum atomic E-state index is -0.506. The van der Waals surface area contributed by atoms with Crippen molar-refractivity contribution < 1.29 is 14.0 Å². The van der Waals surface area contributed by atoms with E-state index in [1.807, 2.05) is 0 Å². The van der Waals surface area contributed by atoms with Crippen LogP contribution < -0.4 is 5.32 Å². The summed E-state index contributed by atoms with van der Waals surface area (Å²) in [5, 5.41) is 2.98.